The molecule has 4 rings (SSSR count). The van der Waals surface area contributed by atoms with Crippen molar-refractivity contribution in [3.05, 3.63) is 99.2 Å². The molecule has 0 unspecified atom stereocenters. The summed E-state index contributed by atoms with van der Waals surface area (Å²) in [6.45, 7) is -0.170. The molecule has 200 valence electrons. The molecule has 1 aliphatic carbocycles. The number of hydrogen-bond donors (Lipinski definition) is 1. The van der Waals surface area contributed by atoms with Gasteiger partial charge in [0.05, 0.1) is 5.02 Å². The van der Waals surface area contributed by atoms with Crippen LogP contribution >= 0.6 is 27.5 Å². The minimum absolute atomic E-state index is 0.0927. The molecule has 0 bridgehead atoms. The Bertz CT molecular complexity index is 1220. The lowest BCUT2D eigenvalue weighted by atomic mass is 9.94. The highest BCUT2D eigenvalue weighted by atomic mass is 79.9. The van der Waals surface area contributed by atoms with Gasteiger partial charge in [-0.25, -0.2) is 4.39 Å². The van der Waals surface area contributed by atoms with Crippen LogP contribution in [0.15, 0.2) is 77.3 Å². The molecule has 0 spiro atoms. The lowest BCUT2D eigenvalue weighted by Crippen LogP contribution is -2.53. The zero-order valence-electron chi connectivity index (χ0n) is 21.0. The number of carbonyl (C=O) groups excluding carboxylic acids is 2. The molecule has 8 heteroatoms. The highest BCUT2D eigenvalue weighted by Crippen LogP contribution is 2.28. The monoisotopic (exact) mass is 600 g/mol. The Morgan fingerprint density at radius 2 is 1.71 bits per heavy atom. The Morgan fingerprint density at radius 1 is 1.00 bits per heavy atom. The van der Waals surface area contributed by atoms with Crippen molar-refractivity contribution in [2.45, 2.75) is 57.2 Å². The normalized spacial score (nSPS) is 14.5. The average Bonchev–Trinajstić information content (AvgIpc) is 2.92. The lowest BCUT2D eigenvalue weighted by Gasteiger charge is -2.33. The SMILES string of the molecule is O=C(NC1CCCCC1)[C@H](Cc1ccccc1)N(Cc1ccc(F)cc1)C(=O)COc1ccc(Br)cc1Cl. The number of ether oxygens (including phenoxy) is 1. The third-order valence-corrected chi connectivity index (χ3v) is 7.52. The molecule has 2 amide bonds. The van der Waals surface area contributed by atoms with Gasteiger partial charge in [0, 0.05) is 23.5 Å². The fourth-order valence-corrected chi connectivity index (χ4v) is 5.43. The molecule has 3 aromatic rings. The molecular formula is C30H31BrClFN2O3. The van der Waals surface area contributed by atoms with Crippen molar-refractivity contribution >= 4 is 39.3 Å². The van der Waals surface area contributed by atoms with E-state index in [4.69, 9.17) is 16.3 Å². The predicted octanol–water partition coefficient (Wildman–Crippen LogP) is 6.71. The Morgan fingerprint density at radius 3 is 2.39 bits per heavy atom. The summed E-state index contributed by atoms with van der Waals surface area (Å²) in [5.74, 6) is -0.558. The van der Waals surface area contributed by atoms with Crippen LogP contribution in [0.5, 0.6) is 5.75 Å². The molecule has 1 saturated carbocycles. The summed E-state index contributed by atoms with van der Waals surface area (Å²) >= 11 is 9.65. The van der Waals surface area contributed by atoms with Gasteiger partial charge in [-0.3, -0.25) is 9.59 Å². The number of carbonyl (C=O) groups is 2. The Hall–Kier alpha value is -2.90. The van der Waals surface area contributed by atoms with Crippen molar-refractivity contribution in [2.24, 2.45) is 0 Å². The van der Waals surface area contributed by atoms with E-state index in [0.717, 1.165) is 35.7 Å². The van der Waals surface area contributed by atoms with Crippen LogP contribution in [0.2, 0.25) is 5.02 Å². The van der Waals surface area contributed by atoms with E-state index < -0.39 is 6.04 Å². The highest BCUT2D eigenvalue weighted by molar-refractivity contribution is 9.10. The first-order valence-electron chi connectivity index (χ1n) is 12.8. The number of amides is 2. The van der Waals surface area contributed by atoms with Gasteiger partial charge >= 0.3 is 0 Å². The van der Waals surface area contributed by atoms with Crippen LogP contribution in [0.1, 0.15) is 43.2 Å². The summed E-state index contributed by atoms with van der Waals surface area (Å²) in [5, 5.41) is 3.57. The van der Waals surface area contributed by atoms with Gasteiger partial charge in [-0.1, -0.05) is 89.3 Å². The molecule has 5 nitrogen and oxygen atoms in total. The van der Waals surface area contributed by atoms with Gasteiger partial charge < -0.3 is 15.0 Å². The molecule has 0 radical (unpaired) electrons. The van der Waals surface area contributed by atoms with Gasteiger partial charge in [0.25, 0.3) is 5.91 Å². The van der Waals surface area contributed by atoms with E-state index in [1.807, 2.05) is 30.3 Å². The highest BCUT2D eigenvalue weighted by Gasteiger charge is 2.32. The lowest BCUT2D eigenvalue weighted by molar-refractivity contribution is -0.143. The maximum absolute atomic E-state index is 13.7. The van der Waals surface area contributed by atoms with Crippen LogP contribution in [-0.4, -0.2) is 35.4 Å². The van der Waals surface area contributed by atoms with E-state index in [1.165, 1.54) is 23.5 Å². The maximum atomic E-state index is 13.7. The Kier molecular flexibility index (Phi) is 10.2. The quantitative estimate of drug-likeness (QED) is 0.281. The zero-order valence-corrected chi connectivity index (χ0v) is 23.4. The minimum Gasteiger partial charge on any atom is -0.482 e. The molecule has 38 heavy (non-hydrogen) atoms. The Labute approximate surface area is 236 Å². The van der Waals surface area contributed by atoms with Crippen LogP contribution in [-0.2, 0) is 22.6 Å². The topological polar surface area (TPSA) is 58.6 Å². The smallest absolute Gasteiger partial charge is 0.261 e. The number of hydrogen-bond acceptors (Lipinski definition) is 3. The van der Waals surface area contributed by atoms with E-state index in [-0.39, 0.29) is 36.8 Å². The first-order valence-corrected chi connectivity index (χ1v) is 14.0. The standard InChI is InChI=1S/C30H31BrClFN2O3/c31-23-13-16-28(26(32)18-23)38-20-29(36)35(19-22-11-14-24(33)15-12-22)27(17-21-7-3-1-4-8-21)30(37)34-25-9-5-2-6-10-25/h1,3-4,7-8,11-16,18,25,27H,2,5-6,9-10,17,19-20H2,(H,34,37)/t27-/m0/s1. The predicted molar refractivity (Wildman–Crippen MR) is 151 cm³/mol. The fraction of sp³-hybridized carbons (Fsp3) is 0.333. The molecule has 1 fully saturated rings. The van der Waals surface area contributed by atoms with Crippen LogP contribution in [0.25, 0.3) is 0 Å². The molecule has 1 atom stereocenters. The van der Waals surface area contributed by atoms with Crippen molar-refractivity contribution in [2.75, 3.05) is 6.61 Å². The van der Waals surface area contributed by atoms with Crippen LogP contribution < -0.4 is 10.1 Å². The minimum atomic E-state index is -0.777. The summed E-state index contributed by atoms with van der Waals surface area (Å²) in [5.41, 5.74) is 1.65. The molecule has 1 aliphatic rings. The van der Waals surface area contributed by atoms with E-state index in [2.05, 4.69) is 21.2 Å². The van der Waals surface area contributed by atoms with Crippen molar-refractivity contribution < 1.29 is 18.7 Å². The van der Waals surface area contributed by atoms with E-state index >= 15 is 0 Å². The summed E-state index contributed by atoms with van der Waals surface area (Å²) < 4.78 is 20.2. The third-order valence-electron chi connectivity index (χ3n) is 6.73. The second kappa shape index (κ2) is 13.8. The number of benzene rings is 3. The van der Waals surface area contributed by atoms with Gasteiger partial charge in [0.2, 0.25) is 5.91 Å². The largest absolute Gasteiger partial charge is 0.482 e. The van der Waals surface area contributed by atoms with Gasteiger partial charge in [-0.15, -0.1) is 0 Å². The van der Waals surface area contributed by atoms with Crippen molar-refractivity contribution in [3.63, 3.8) is 0 Å². The summed E-state index contributed by atoms with van der Waals surface area (Å²) in [6, 6.07) is 20.0. The van der Waals surface area contributed by atoms with Gasteiger partial charge in [0.1, 0.15) is 17.6 Å². The fourth-order valence-electron chi connectivity index (χ4n) is 4.70. The van der Waals surface area contributed by atoms with E-state index in [0.29, 0.717) is 22.8 Å². The average molecular weight is 602 g/mol. The number of nitrogens with one attached hydrogen (secondary N) is 1. The third kappa shape index (κ3) is 8.05. The first-order chi connectivity index (χ1) is 18.4. The van der Waals surface area contributed by atoms with Crippen LogP contribution in [0.4, 0.5) is 4.39 Å². The van der Waals surface area contributed by atoms with Crippen molar-refractivity contribution in [1.82, 2.24) is 10.2 Å². The molecule has 3 aromatic carbocycles. The summed E-state index contributed by atoms with van der Waals surface area (Å²) in [4.78, 5) is 29.0. The second-order valence-corrected chi connectivity index (χ2v) is 10.9. The number of nitrogens with zero attached hydrogens (tertiary/aromatic N) is 1. The number of halogens is 3. The maximum Gasteiger partial charge on any atom is 0.261 e. The zero-order chi connectivity index (χ0) is 26.9. The Balaban J connectivity index is 1.61. The molecule has 0 saturated heterocycles. The molecule has 0 aromatic heterocycles. The van der Waals surface area contributed by atoms with Gasteiger partial charge in [-0.2, -0.15) is 0 Å². The molecule has 1 N–H and O–H groups in total. The van der Waals surface area contributed by atoms with Gasteiger partial charge in [0.15, 0.2) is 6.61 Å². The summed E-state index contributed by atoms with van der Waals surface area (Å²) in [6.07, 6.45) is 5.53. The van der Waals surface area contributed by atoms with E-state index in [1.54, 1.807) is 30.3 Å². The number of rotatable bonds is 10. The van der Waals surface area contributed by atoms with Crippen LogP contribution in [0.3, 0.4) is 0 Å². The van der Waals surface area contributed by atoms with Gasteiger partial charge in [-0.05, 0) is 54.3 Å². The molecule has 0 aliphatic heterocycles. The molecular weight excluding hydrogens is 571 g/mol. The second-order valence-electron chi connectivity index (χ2n) is 9.56. The van der Waals surface area contributed by atoms with Crippen molar-refractivity contribution in [1.29, 1.82) is 0 Å². The van der Waals surface area contributed by atoms with Crippen molar-refractivity contribution in [3.8, 4) is 5.75 Å². The van der Waals surface area contributed by atoms with Crippen LogP contribution in [0, 0.1) is 5.82 Å². The van der Waals surface area contributed by atoms with E-state index in [9.17, 15) is 14.0 Å². The summed E-state index contributed by atoms with van der Waals surface area (Å²) in [7, 11) is 0. The first kappa shape index (κ1) is 28.1. The molecule has 0 heterocycles.